The van der Waals surface area contributed by atoms with Gasteiger partial charge in [0.2, 0.25) is 0 Å². The van der Waals surface area contributed by atoms with Crippen LogP contribution in [-0.2, 0) is 16.0 Å². The first-order valence-electron chi connectivity index (χ1n) is 5.20. The molecule has 0 bridgehead atoms. The van der Waals surface area contributed by atoms with E-state index in [0.29, 0.717) is 12.2 Å². The smallest absolute Gasteiger partial charge is 0.321 e. The summed E-state index contributed by atoms with van der Waals surface area (Å²) >= 11 is 0. The molecule has 0 unspecified atom stereocenters. The molecular formula is C12H15NO4. The van der Waals surface area contributed by atoms with Crippen LogP contribution in [0.25, 0.3) is 0 Å². The zero-order valence-corrected chi connectivity index (χ0v) is 9.77. The summed E-state index contributed by atoms with van der Waals surface area (Å²) in [4.78, 5) is 21.5. The molecule has 0 saturated carbocycles. The molecule has 0 spiro atoms. The number of nitrogens with one attached hydrogen (secondary N) is 1. The summed E-state index contributed by atoms with van der Waals surface area (Å²) in [6.07, 6.45) is 0.381. The minimum atomic E-state index is -0.892. The Morgan fingerprint density at radius 1 is 1.35 bits per heavy atom. The highest BCUT2D eigenvalue weighted by Gasteiger charge is 2.15. The van der Waals surface area contributed by atoms with Crippen molar-refractivity contribution >= 4 is 11.9 Å². The molecule has 1 aromatic carbocycles. The lowest BCUT2D eigenvalue weighted by Gasteiger charge is -2.11. The van der Waals surface area contributed by atoms with E-state index in [1.807, 2.05) is 0 Å². The lowest BCUT2D eigenvalue weighted by molar-refractivity contribution is -0.139. The van der Waals surface area contributed by atoms with Crippen LogP contribution < -0.4 is 10.1 Å². The van der Waals surface area contributed by atoms with Crippen LogP contribution >= 0.6 is 0 Å². The van der Waals surface area contributed by atoms with Crippen molar-refractivity contribution in [3.63, 3.8) is 0 Å². The van der Waals surface area contributed by atoms with Crippen molar-refractivity contribution in [2.24, 2.45) is 0 Å². The minimum absolute atomic E-state index is 0.378. The third-order valence-electron chi connectivity index (χ3n) is 2.27. The van der Waals surface area contributed by atoms with Gasteiger partial charge in [0.05, 0.1) is 0 Å². The average molecular weight is 237 g/mol. The number of likely N-dealkylation sites (N-methyl/N-ethyl adjacent to an activating group) is 1. The maximum atomic E-state index is 10.8. The Balaban J connectivity index is 2.67. The maximum absolute atomic E-state index is 10.8. The SMILES string of the molecule is CN[C@@H](Cc1ccc(OC(C)=O)cc1)C(=O)O. The molecule has 0 aromatic heterocycles. The highest BCUT2D eigenvalue weighted by Crippen LogP contribution is 2.13. The predicted molar refractivity (Wildman–Crippen MR) is 61.9 cm³/mol. The fraction of sp³-hybridized carbons (Fsp3) is 0.333. The molecular weight excluding hydrogens is 222 g/mol. The van der Waals surface area contributed by atoms with Crippen LogP contribution in [0.1, 0.15) is 12.5 Å². The van der Waals surface area contributed by atoms with Crippen LogP contribution in [-0.4, -0.2) is 30.1 Å². The molecule has 0 radical (unpaired) electrons. The van der Waals surface area contributed by atoms with Gasteiger partial charge in [-0.2, -0.15) is 0 Å². The van der Waals surface area contributed by atoms with Crippen molar-refractivity contribution in [1.29, 1.82) is 0 Å². The van der Waals surface area contributed by atoms with Gasteiger partial charge in [0.15, 0.2) is 0 Å². The second-order valence-corrected chi connectivity index (χ2v) is 3.62. The normalized spacial score (nSPS) is 11.9. The van der Waals surface area contributed by atoms with E-state index in [9.17, 15) is 9.59 Å². The van der Waals surface area contributed by atoms with Crippen molar-refractivity contribution in [3.05, 3.63) is 29.8 Å². The Kier molecular flexibility index (Phi) is 4.66. The van der Waals surface area contributed by atoms with Gasteiger partial charge in [-0.1, -0.05) is 12.1 Å². The fourth-order valence-electron chi connectivity index (χ4n) is 1.41. The molecule has 0 aliphatic heterocycles. The number of ether oxygens (including phenoxy) is 1. The van der Waals surface area contributed by atoms with Crippen LogP contribution in [0.4, 0.5) is 0 Å². The fourth-order valence-corrected chi connectivity index (χ4v) is 1.41. The summed E-state index contributed by atoms with van der Waals surface area (Å²) < 4.78 is 4.88. The summed E-state index contributed by atoms with van der Waals surface area (Å²) in [7, 11) is 1.60. The predicted octanol–water partition coefficient (Wildman–Crippen LogP) is 0.827. The maximum Gasteiger partial charge on any atom is 0.321 e. The highest BCUT2D eigenvalue weighted by molar-refractivity contribution is 5.74. The number of esters is 1. The Morgan fingerprint density at radius 2 is 1.94 bits per heavy atom. The molecule has 1 atom stereocenters. The van der Waals surface area contributed by atoms with E-state index in [-0.39, 0.29) is 5.97 Å². The number of carbonyl (C=O) groups excluding carboxylic acids is 1. The van der Waals surface area contributed by atoms with Crippen molar-refractivity contribution in [1.82, 2.24) is 5.32 Å². The molecule has 0 aliphatic rings. The standard InChI is InChI=1S/C12H15NO4/c1-8(14)17-10-5-3-9(4-6-10)7-11(13-2)12(15)16/h3-6,11,13H,7H2,1-2H3,(H,15,16)/t11-/m0/s1. The van der Waals surface area contributed by atoms with Crippen molar-refractivity contribution < 1.29 is 19.4 Å². The molecule has 0 heterocycles. The van der Waals surface area contributed by atoms with E-state index >= 15 is 0 Å². The molecule has 1 rings (SSSR count). The molecule has 92 valence electrons. The van der Waals surface area contributed by atoms with Crippen molar-refractivity contribution in [3.8, 4) is 5.75 Å². The molecule has 2 N–H and O–H groups in total. The number of hydrogen-bond donors (Lipinski definition) is 2. The van der Waals surface area contributed by atoms with Gasteiger partial charge < -0.3 is 15.2 Å². The molecule has 0 fully saturated rings. The van der Waals surface area contributed by atoms with Gasteiger partial charge in [-0.3, -0.25) is 9.59 Å². The van der Waals surface area contributed by atoms with Crippen molar-refractivity contribution in [2.45, 2.75) is 19.4 Å². The monoisotopic (exact) mass is 237 g/mol. The van der Waals surface area contributed by atoms with E-state index < -0.39 is 12.0 Å². The summed E-state index contributed by atoms with van der Waals surface area (Å²) in [5.74, 6) is -0.814. The van der Waals surface area contributed by atoms with Crippen LogP contribution in [0.15, 0.2) is 24.3 Å². The number of carbonyl (C=O) groups is 2. The summed E-state index contributed by atoms with van der Waals surface area (Å²) in [5.41, 5.74) is 0.864. The number of rotatable bonds is 5. The van der Waals surface area contributed by atoms with E-state index in [2.05, 4.69) is 5.32 Å². The molecule has 0 amide bonds. The zero-order chi connectivity index (χ0) is 12.8. The van der Waals surface area contributed by atoms with Gasteiger partial charge in [-0.15, -0.1) is 0 Å². The second kappa shape index (κ2) is 6.00. The third-order valence-corrected chi connectivity index (χ3v) is 2.27. The Bertz CT molecular complexity index is 399. The number of carboxylic acid groups (broad SMARTS) is 1. The van der Waals surface area contributed by atoms with E-state index in [1.165, 1.54) is 6.92 Å². The van der Waals surface area contributed by atoms with E-state index in [0.717, 1.165) is 5.56 Å². The van der Waals surface area contributed by atoms with Gasteiger partial charge in [-0.25, -0.2) is 0 Å². The molecule has 0 aliphatic carbocycles. The number of carboxylic acids is 1. The van der Waals surface area contributed by atoms with Crippen LogP contribution in [0.5, 0.6) is 5.75 Å². The lowest BCUT2D eigenvalue weighted by atomic mass is 10.1. The molecule has 0 saturated heterocycles. The second-order valence-electron chi connectivity index (χ2n) is 3.62. The lowest BCUT2D eigenvalue weighted by Crippen LogP contribution is -2.35. The Labute approximate surface area is 99.4 Å². The average Bonchev–Trinajstić information content (AvgIpc) is 2.26. The van der Waals surface area contributed by atoms with Crippen LogP contribution in [0.2, 0.25) is 0 Å². The minimum Gasteiger partial charge on any atom is -0.480 e. The summed E-state index contributed by atoms with van der Waals surface area (Å²) in [5, 5.41) is 11.6. The number of hydrogen-bond acceptors (Lipinski definition) is 4. The van der Waals surface area contributed by atoms with Crippen molar-refractivity contribution in [2.75, 3.05) is 7.05 Å². The first kappa shape index (κ1) is 13.2. The molecule has 5 nitrogen and oxygen atoms in total. The Morgan fingerprint density at radius 3 is 2.35 bits per heavy atom. The van der Waals surface area contributed by atoms with E-state index in [4.69, 9.17) is 9.84 Å². The number of benzene rings is 1. The zero-order valence-electron chi connectivity index (χ0n) is 9.77. The quantitative estimate of drug-likeness (QED) is 0.586. The first-order chi connectivity index (χ1) is 8.02. The van der Waals surface area contributed by atoms with Gasteiger partial charge in [0, 0.05) is 6.92 Å². The molecule has 1 aromatic rings. The van der Waals surface area contributed by atoms with Gasteiger partial charge >= 0.3 is 11.9 Å². The van der Waals surface area contributed by atoms with Gasteiger partial charge in [0.25, 0.3) is 0 Å². The summed E-state index contributed by atoms with van der Waals surface area (Å²) in [6.45, 7) is 1.33. The van der Waals surface area contributed by atoms with E-state index in [1.54, 1.807) is 31.3 Å². The van der Waals surface area contributed by atoms with Crippen LogP contribution in [0.3, 0.4) is 0 Å². The van der Waals surface area contributed by atoms with Gasteiger partial charge in [-0.05, 0) is 31.2 Å². The topological polar surface area (TPSA) is 75.6 Å². The Hall–Kier alpha value is -1.88. The summed E-state index contributed by atoms with van der Waals surface area (Å²) in [6, 6.07) is 6.16. The highest BCUT2D eigenvalue weighted by atomic mass is 16.5. The third kappa shape index (κ3) is 4.24. The van der Waals surface area contributed by atoms with Gasteiger partial charge in [0.1, 0.15) is 11.8 Å². The molecule has 17 heavy (non-hydrogen) atoms. The largest absolute Gasteiger partial charge is 0.480 e. The number of aliphatic carboxylic acids is 1. The first-order valence-corrected chi connectivity index (χ1v) is 5.20. The van der Waals surface area contributed by atoms with Crippen LogP contribution in [0, 0.1) is 0 Å². The molecule has 5 heteroatoms.